The van der Waals surface area contributed by atoms with Crippen LogP contribution in [0.4, 0.5) is 5.69 Å². The molecule has 1 nitrogen and oxygen atoms in total. The largest absolute Gasteiger partial charge is 0.382 e. The minimum Gasteiger partial charge on any atom is -0.382 e. The molecule has 0 saturated heterocycles. The number of benzene rings is 1. The van der Waals surface area contributed by atoms with Crippen molar-refractivity contribution in [3.63, 3.8) is 0 Å². The summed E-state index contributed by atoms with van der Waals surface area (Å²) in [6.45, 7) is 7.30. The molecule has 0 radical (unpaired) electrons. The van der Waals surface area contributed by atoms with Gasteiger partial charge in [0.25, 0.3) is 0 Å². The second-order valence-corrected chi connectivity index (χ2v) is 7.75. The summed E-state index contributed by atoms with van der Waals surface area (Å²) in [7, 11) is 0. The fourth-order valence-corrected chi connectivity index (χ4v) is 4.51. The number of hydrogen-bond acceptors (Lipinski definition) is 1. The lowest BCUT2D eigenvalue weighted by molar-refractivity contribution is 0.142. The molecule has 2 saturated carbocycles. The molecule has 3 rings (SSSR count). The molecule has 0 aliphatic heterocycles. The SMILES string of the molecule is CC1(C)C2CCC1(C)C(Nc1ccc(Cl)c(Cl)c1)C2. The highest BCUT2D eigenvalue weighted by Gasteiger charge is 2.61. The summed E-state index contributed by atoms with van der Waals surface area (Å²) in [5.74, 6) is 0.845. The van der Waals surface area contributed by atoms with Crippen LogP contribution >= 0.6 is 23.2 Å². The Morgan fingerprint density at radius 2 is 1.89 bits per heavy atom. The first-order chi connectivity index (χ1) is 8.84. The third kappa shape index (κ3) is 1.89. The van der Waals surface area contributed by atoms with Crippen LogP contribution in [-0.2, 0) is 0 Å². The van der Waals surface area contributed by atoms with Crippen LogP contribution in [0, 0.1) is 16.7 Å². The van der Waals surface area contributed by atoms with Crippen molar-refractivity contribution in [2.24, 2.45) is 16.7 Å². The number of fused-ring (bicyclic) bond motifs is 2. The van der Waals surface area contributed by atoms with Crippen LogP contribution in [0.5, 0.6) is 0 Å². The van der Waals surface area contributed by atoms with Gasteiger partial charge in [0.2, 0.25) is 0 Å². The van der Waals surface area contributed by atoms with Crippen LogP contribution < -0.4 is 5.32 Å². The van der Waals surface area contributed by atoms with Crippen LogP contribution in [0.1, 0.15) is 40.0 Å². The van der Waals surface area contributed by atoms with Gasteiger partial charge in [-0.05, 0) is 54.2 Å². The fourth-order valence-electron chi connectivity index (χ4n) is 4.21. The van der Waals surface area contributed by atoms with Crippen molar-refractivity contribution in [1.29, 1.82) is 0 Å². The van der Waals surface area contributed by atoms with E-state index in [1.807, 2.05) is 18.2 Å². The summed E-state index contributed by atoms with van der Waals surface area (Å²) < 4.78 is 0. The molecule has 2 fully saturated rings. The van der Waals surface area contributed by atoms with E-state index in [-0.39, 0.29) is 0 Å². The van der Waals surface area contributed by atoms with Gasteiger partial charge in [0.1, 0.15) is 0 Å². The highest BCUT2D eigenvalue weighted by molar-refractivity contribution is 6.42. The van der Waals surface area contributed by atoms with Crippen LogP contribution in [0.3, 0.4) is 0 Å². The second kappa shape index (κ2) is 4.30. The van der Waals surface area contributed by atoms with Gasteiger partial charge in [-0.3, -0.25) is 0 Å². The average molecular weight is 298 g/mol. The molecule has 2 bridgehead atoms. The minimum absolute atomic E-state index is 0.379. The molecule has 3 heteroatoms. The maximum Gasteiger partial charge on any atom is 0.0612 e. The highest BCUT2D eigenvalue weighted by Crippen LogP contribution is 2.65. The molecular formula is C16H21Cl2N. The standard InChI is InChI=1S/C16H21Cl2N/c1-15(2)10-6-7-16(15,3)14(8-10)19-11-4-5-12(17)13(18)9-11/h4-5,9-10,14,19H,6-8H2,1-3H3. The predicted octanol–water partition coefficient (Wildman–Crippen LogP) is 5.62. The molecule has 1 aromatic rings. The Balaban J connectivity index is 1.84. The van der Waals surface area contributed by atoms with Crippen LogP contribution in [0.25, 0.3) is 0 Å². The normalized spacial score (nSPS) is 35.6. The lowest BCUT2D eigenvalue weighted by Crippen LogP contribution is -2.40. The summed E-state index contributed by atoms with van der Waals surface area (Å²) in [6.07, 6.45) is 3.97. The molecule has 1 aromatic carbocycles. The van der Waals surface area contributed by atoms with Gasteiger partial charge in [0, 0.05) is 11.7 Å². The average Bonchev–Trinajstić information content (AvgIpc) is 2.67. The molecule has 1 N–H and O–H groups in total. The maximum atomic E-state index is 6.10. The quantitative estimate of drug-likeness (QED) is 0.747. The van der Waals surface area contributed by atoms with Gasteiger partial charge < -0.3 is 5.32 Å². The van der Waals surface area contributed by atoms with E-state index in [4.69, 9.17) is 23.2 Å². The summed E-state index contributed by atoms with van der Waals surface area (Å²) >= 11 is 12.1. The third-order valence-electron chi connectivity index (χ3n) is 6.05. The Morgan fingerprint density at radius 3 is 2.42 bits per heavy atom. The van der Waals surface area contributed by atoms with Gasteiger partial charge in [-0.15, -0.1) is 0 Å². The molecule has 3 unspecified atom stereocenters. The van der Waals surface area contributed by atoms with E-state index < -0.39 is 0 Å². The smallest absolute Gasteiger partial charge is 0.0612 e. The van der Waals surface area contributed by atoms with Crippen molar-refractivity contribution < 1.29 is 0 Å². The minimum atomic E-state index is 0.379. The van der Waals surface area contributed by atoms with E-state index in [2.05, 4.69) is 26.1 Å². The van der Waals surface area contributed by atoms with Gasteiger partial charge in [0.15, 0.2) is 0 Å². The van der Waals surface area contributed by atoms with Crippen molar-refractivity contribution in [2.45, 2.75) is 46.1 Å². The topological polar surface area (TPSA) is 12.0 Å². The van der Waals surface area contributed by atoms with E-state index in [0.29, 0.717) is 26.9 Å². The van der Waals surface area contributed by atoms with Crippen LogP contribution in [0.15, 0.2) is 18.2 Å². The zero-order chi connectivity index (χ0) is 13.8. The van der Waals surface area contributed by atoms with Crippen LogP contribution in [-0.4, -0.2) is 6.04 Å². The third-order valence-corrected chi connectivity index (χ3v) is 6.79. The van der Waals surface area contributed by atoms with Crippen molar-refractivity contribution in [1.82, 2.24) is 0 Å². The zero-order valence-corrected chi connectivity index (χ0v) is 13.3. The molecule has 0 heterocycles. The molecule has 0 amide bonds. The number of anilines is 1. The van der Waals surface area contributed by atoms with E-state index in [1.165, 1.54) is 19.3 Å². The first-order valence-corrected chi connectivity index (χ1v) is 7.82. The lowest BCUT2D eigenvalue weighted by atomic mass is 9.69. The summed E-state index contributed by atoms with van der Waals surface area (Å²) in [5.41, 5.74) is 1.90. The van der Waals surface area contributed by atoms with E-state index in [0.717, 1.165) is 11.6 Å². The maximum absolute atomic E-state index is 6.10. The van der Waals surface area contributed by atoms with E-state index in [9.17, 15) is 0 Å². The predicted molar refractivity (Wildman–Crippen MR) is 83.1 cm³/mol. The van der Waals surface area contributed by atoms with Gasteiger partial charge in [-0.2, -0.15) is 0 Å². The Morgan fingerprint density at radius 1 is 1.16 bits per heavy atom. The monoisotopic (exact) mass is 297 g/mol. The molecule has 104 valence electrons. The lowest BCUT2D eigenvalue weighted by Gasteiger charge is -2.40. The summed E-state index contributed by atoms with van der Waals surface area (Å²) in [6, 6.07) is 6.37. The first-order valence-electron chi connectivity index (χ1n) is 7.06. The van der Waals surface area contributed by atoms with Crippen molar-refractivity contribution in [2.75, 3.05) is 5.32 Å². The Bertz CT molecular complexity index is 511. The first kappa shape index (κ1) is 13.6. The van der Waals surface area contributed by atoms with Gasteiger partial charge in [-0.25, -0.2) is 0 Å². The number of halogens is 2. The molecular weight excluding hydrogens is 277 g/mol. The molecule has 0 spiro atoms. The zero-order valence-electron chi connectivity index (χ0n) is 11.8. The molecule has 2 aliphatic carbocycles. The number of nitrogens with one attached hydrogen (secondary N) is 1. The van der Waals surface area contributed by atoms with Crippen LogP contribution in [0.2, 0.25) is 10.0 Å². The highest BCUT2D eigenvalue weighted by atomic mass is 35.5. The Hall–Kier alpha value is -0.400. The second-order valence-electron chi connectivity index (χ2n) is 6.94. The van der Waals surface area contributed by atoms with Crippen molar-refractivity contribution in [3.05, 3.63) is 28.2 Å². The van der Waals surface area contributed by atoms with Crippen molar-refractivity contribution >= 4 is 28.9 Å². The van der Waals surface area contributed by atoms with E-state index in [1.54, 1.807) is 0 Å². The molecule has 2 aliphatic rings. The number of hydrogen-bond donors (Lipinski definition) is 1. The molecule has 19 heavy (non-hydrogen) atoms. The van der Waals surface area contributed by atoms with Gasteiger partial charge in [0.05, 0.1) is 10.0 Å². The van der Waals surface area contributed by atoms with Gasteiger partial charge in [-0.1, -0.05) is 44.0 Å². The van der Waals surface area contributed by atoms with E-state index >= 15 is 0 Å². The fraction of sp³-hybridized carbons (Fsp3) is 0.625. The summed E-state index contributed by atoms with van der Waals surface area (Å²) in [5, 5.41) is 4.93. The molecule has 0 aromatic heterocycles. The Kier molecular flexibility index (Phi) is 3.07. The van der Waals surface area contributed by atoms with Gasteiger partial charge >= 0.3 is 0 Å². The summed E-state index contributed by atoms with van der Waals surface area (Å²) in [4.78, 5) is 0. The van der Waals surface area contributed by atoms with Crippen molar-refractivity contribution in [3.8, 4) is 0 Å². The molecule has 3 atom stereocenters. The Labute approximate surface area is 125 Å². The number of rotatable bonds is 2.